The third-order valence-electron chi connectivity index (χ3n) is 2.58. The lowest BCUT2D eigenvalue weighted by Gasteiger charge is -2.11. The Kier molecular flexibility index (Phi) is 3.88. The van der Waals surface area contributed by atoms with E-state index in [4.69, 9.17) is 5.11 Å². The minimum atomic E-state index is 0.233. The molecule has 4 heteroatoms. The van der Waals surface area contributed by atoms with Crippen molar-refractivity contribution in [2.75, 3.05) is 6.61 Å². The predicted octanol–water partition coefficient (Wildman–Crippen LogP) is 2.16. The molecule has 2 heterocycles. The van der Waals surface area contributed by atoms with Gasteiger partial charge in [0.05, 0.1) is 10.2 Å². The maximum absolute atomic E-state index is 8.80. The molecular weight excluding hydrogens is 220 g/mol. The first-order valence-electron chi connectivity index (χ1n) is 5.46. The van der Waals surface area contributed by atoms with Crippen LogP contribution < -0.4 is 5.32 Å². The van der Waals surface area contributed by atoms with Crippen LogP contribution in [-0.2, 0) is 6.54 Å². The maximum atomic E-state index is 8.80. The summed E-state index contributed by atoms with van der Waals surface area (Å²) in [7, 11) is 0. The molecule has 3 nitrogen and oxygen atoms in total. The molecule has 0 spiro atoms. The van der Waals surface area contributed by atoms with Gasteiger partial charge < -0.3 is 10.4 Å². The third-order valence-corrected chi connectivity index (χ3v) is 3.43. The zero-order valence-electron chi connectivity index (χ0n) is 9.31. The van der Waals surface area contributed by atoms with E-state index in [2.05, 4.69) is 28.7 Å². The van der Waals surface area contributed by atoms with Gasteiger partial charge in [0, 0.05) is 25.4 Å². The molecule has 0 fully saturated rings. The SMILES string of the molecule is CC(CCO)NCc1cnc2ccsc2c1. The average Bonchev–Trinajstić information content (AvgIpc) is 2.74. The Morgan fingerprint density at radius 2 is 2.44 bits per heavy atom. The van der Waals surface area contributed by atoms with E-state index in [1.54, 1.807) is 11.3 Å². The van der Waals surface area contributed by atoms with Gasteiger partial charge in [0.25, 0.3) is 0 Å². The molecule has 0 aliphatic rings. The number of hydrogen-bond donors (Lipinski definition) is 2. The van der Waals surface area contributed by atoms with Gasteiger partial charge in [0.1, 0.15) is 0 Å². The highest BCUT2D eigenvalue weighted by Crippen LogP contribution is 2.19. The van der Waals surface area contributed by atoms with Crippen molar-refractivity contribution in [3.63, 3.8) is 0 Å². The first kappa shape index (κ1) is 11.5. The monoisotopic (exact) mass is 236 g/mol. The Morgan fingerprint density at radius 1 is 1.56 bits per heavy atom. The summed E-state index contributed by atoms with van der Waals surface area (Å²) in [5, 5.41) is 14.2. The van der Waals surface area contributed by atoms with Crippen LogP contribution in [0.3, 0.4) is 0 Å². The van der Waals surface area contributed by atoms with Gasteiger partial charge >= 0.3 is 0 Å². The Hall–Kier alpha value is -0.970. The molecular formula is C12H16N2OS. The van der Waals surface area contributed by atoms with Crippen molar-refractivity contribution in [2.24, 2.45) is 0 Å². The van der Waals surface area contributed by atoms with Crippen molar-refractivity contribution in [1.29, 1.82) is 0 Å². The highest BCUT2D eigenvalue weighted by atomic mass is 32.1. The van der Waals surface area contributed by atoms with Crippen molar-refractivity contribution in [3.8, 4) is 0 Å². The topological polar surface area (TPSA) is 45.1 Å². The molecule has 0 saturated heterocycles. The molecule has 0 bridgehead atoms. The summed E-state index contributed by atoms with van der Waals surface area (Å²) in [5.74, 6) is 0. The number of nitrogens with zero attached hydrogens (tertiary/aromatic N) is 1. The molecule has 0 saturated carbocycles. The molecule has 1 atom stereocenters. The van der Waals surface area contributed by atoms with E-state index in [9.17, 15) is 0 Å². The van der Waals surface area contributed by atoms with E-state index in [0.29, 0.717) is 6.04 Å². The predicted molar refractivity (Wildman–Crippen MR) is 67.6 cm³/mol. The fourth-order valence-electron chi connectivity index (χ4n) is 1.57. The summed E-state index contributed by atoms with van der Waals surface area (Å²) < 4.78 is 1.23. The summed E-state index contributed by atoms with van der Waals surface area (Å²) in [6.07, 6.45) is 2.70. The second kappa shape index (κ2) is 5.39. The lowest BCUT2D eigenvalue weighted by Crippen LogP contribution is -2.26. The lowest BCUT2D eigenvalue weighted by molar-refractivity contribution is 0.268. The Labute approximate surface area is 99.1 Å². The van der Waals surface area contributed by atoms with Crippen LogP contribution in [0.5, 0.6) is 0 Å². The van der Waals surface area contributed by atoms with E-state index in [1.807, 2.05) is 12.3 Å². The van der Waals surface area contributed by atoms with Crippen molar-refractivity contribution < 1.29 is 5.11 Å². The van der Waals surface area contributed by atoms with Crippen LogP contribution in [0.4, 0.5) is 0 Å². The standard InChI is InChI=1S/C12H16N2OS/c1-9(2-4-15)13-7-10-6-12-11(14-8-10)3-5-16-12/h3,5-6,8-9,13,15H,2,4,7H2,1H3. The number of nitrogens with one attached hydrogen (secondary N) is 1. The summed E-state index contributed by atoms with van der Waals surface area (Å²) in [6, 6.07) is 4.54. The maximum Gasteiger partial charge on any atom is 0.0809 e. The average molecular weight is 236 g/mol. The summed E-state index contributed by atoms with van der Waals surface area (Å²) >= 11 is 1.72. The van der Waals surface area contributed by atoms with Crippen LogP contribution in [0.1, 0.15) is 18.9 Å². The molecule has 2 aromatic rings. The van der Waals surface area contributed by atoms with Gasteiger partial charge in [0.15, 0.2) is 0 Å². The first-order valence-corrected chi connectivity index (χ1v) is 6.34. The number of hydrogen-bond acceptors (Lipinski definition) is 4. The van der Waals surface area contributed by atoms with Crippen molar-refractivity contribution in [1.82, 2.24) is 10.3 Å². The van der Waals surface area contributed by atoms with Gasteiger partial charge in [-0.25, -0.2) is 0 Å². The Morgan fingerprint density at radius 3 is 3.25 bits per heavy atom. The number of aliphatic hydroxyl groups is 1. The molecule has 16 heavy (non-hydrogen) atoms. The molecule has 0 aromatic carbocycles. The normalized spacial score (nSPS) is 13.1. The fraction of sp³-hybridized carbons (Fsp3) is 0.417. The van der Waals surface area contributed by atoms with Crippen molar-refractivity contribution in [3.05, 3.63) is 29.3 Å². The van der Waals surface area contributed by atoms with E-state index in [0.717, 1.165) is 18.5 Å². The number of rotatable bonds is 5. The minimum absolute atomic E-state index is 0.233. The molecule has 86 valence electrons. The number of aromatic nitrogens is 1. The highest BCUT2D eigenvalue weighted by Gasteiger charge is 2.02. The molecule has 0 amide bonds. The number of thiophene rings is 1. The van der Waals surface area contributed by atoms with Gasteiger partial charge in [-0.1, -0.05) is 0 Å². The van der Waals surface area contributed by atoms with Crippen molar-refractivity contribution in [2.45, 2.75) is 25.9 Å². The molecule has 2 aromatic heterocycles. The van der Waals surface area contributed by atoms with E-state index >= 15 is 0 Å². The first-order chi connectivity index (χ1) is 7.79. The van der Waals surface area contributed by atoms with Gasteiger partial charge in [-0.3, -0.25) is 4.98 Å². The number of aliphatic hydroxyl groups excluding tert-OH is 1. The van der Waals surface area contributed by atoms with Crippen LogP contribution in [0, 0.1) is 0 Å². The summed E-state index contributed by atoms with van der Waals surface area (Å²) in [5.41, 5.74) is 2.26. The van der Waals surface area contributed by atoms with E-state index in [1.165, 1.54) is 10.3 Å². The van der Waals surface area contributed by atoms with Crippen LogP contribution in [-0.4, -0.2) is 22.7 Å². The lowest BCUT2D eigenvalue weighted by atomic mass is 10.2. The highest BCUT2D eigenvalue weighted by molar-refractivity contribution is 7.17. The molecule has 1 unspecified atom stereocenters. The van der Waals surface area contributed by atoms with Gasteiger partial charge in [-0.05, 0) is 36.4 Å². The third kappa shape index (κ3) is 2.78. The van der Waals surface area contributed by atoms with Gasteiger partial charge in [-0.2, -0.15) is 0 Å². The summed E-state index contributed by atoms with van der Waals surface area (Å²) in [6.45, 7) is 3.12. The van der Waals surface area contributed by atoms with Gasteiger partial charge in [-0.15, -0.1) is 11.3 Å². The quantitative estimate of drug-likeness (QED) is 0.836. The van der Waals surface area contributed by atoms with Gasteiger partial charge in [0.2, 0.25) is 0 Å². The van der Waals surface area contributed by atoms with Crippen molar-refractivity contribution >= 4 is 21.6 Å². The van der Waals surface area contributed by atoms with Crippen LogP contribution in [0.25, 0.3) is 10.2 Å². The molecule has 0 aliphatic carbocycles. The van der Waals surface area contributed by atoms with E-state index in [-0.39, 0.29) is 6.61 Å². The van der Waals surface area contributed by atoms with Crippen LogP contribution in [0.15, 0.2) is 23.7 Å². The molecule has 0 radical (unpaired) electrons. The molecule has 2 rings (SSSR count). The summed E-state index contributed by atoms with van der Waals surface area (Å²) in [4.78, 5) is 4.39. The fourth-order valence-corrected chi connectivity index (χ4v) is 2.38. The largest absolute Gasteiger partial charge is 0.396 e. The zero-order chi connectivity index (χ0) is 11.4. The Bertz CT molecular complexity index is 455. The number of fused-ring (bicyclic) bond motifs is 1. The zero-order valence-corrected chi connectivity index (χ0v) is 10.1. The van der Waals surface area contributed by atoms with Crippen LogP contribution in [0.2, 0.25) is 0 Å². The minimum Gasteiger partial charge on any atom is -0.396 e. The smallest absolute Gasteiger partial charge is 0.0809 e. The van der Waals surface area contributed by atoms with Crippen LogP contribution >= 0.6 is 11.3 Å². The Balaban J connectivity index is 1.98. The second-order valence-electron chi connectivity index (χ2n) is 3.94. The molecule has 0 aliphatic heterocycles. The molecule has 2 N–H and O–H groups in total. The number of pyridine rings is 1. The second-order valence-corrected chi connectivity index (χ2v) is 4.89. The van der Waals surface area contributed by atoms with E-state index < -0.39 is 0 Å².